The molecule has 0 unspecified atom stereocenters. The second-order valence-corrected chi connectivity index (χ2v) is 6.22. The molecule has 1 aromatic rings. The summed E-state index contributed by atoms with van der Waals surface area (Å²) < 4.78 is 13.3. The van der Waals surface area contributed by atoms with E-state index in [4.69, 9.17) is 5.26 Å². The van der Waals surface area contributed by atoms with Gasteiger partial charge in [0.1, 0.15) is 5.82 Å². The molecule has 0 saturated heterocycles. The Hall–Kier alpha value is -1.40. The van der Waals surface area contributed by atoms with Gasteiger partial charge in [-0.25, -0.2) is 4.39 Å². The van der Waals surface area contributed by atoms with Crippen LogP contribution in [0.4, 0.5) is 4.39 Å². The van der Waals surface area contributed by atoms with Gasteiger partial charge in [0.2, 0.25) is 0 Å². The molecular weight excluding hydrogens is 227 g/mol. The molecule has 0 spiro atoms. The van der Waals surface area contributed by atoms with Gasteiger partial charge in [-0.2, -0.15) is 5.26 Å². The van der Waals surface area contributed by atoms with Gasteiger partial charge in [0.25, 0.3) is 0 Å². The second kappa shape index (κ2) is 4.07. The van der Waals surface area contributed by atoms with E-state index in [-0.39, 0.29) is 16.6 Å². The molecule has 0 heterocycles. The molecular formula is C15H19FN2. The Morgan fingerprint density at radius 1 is 1.22 bits per heavy atom. The van der Waals surface area contributed by atoms with Crippen molar-refractivity contribution in [2.24, 2.45) is 10.8 Å². The highest BCUT2D eigenvalue weighted by molar-refractivity contribution is 5.33. The molecule has 18 heavy (non-hydrogen) atoms. The Bertz CT molecular complexity index is 498. The Morgan fingerprint density at radius 2 is 1.83 bits per heavy atom. The van der Waals surface area contributed by atoms with E-state index in [0.29, 0.717) is 18.2 Å². The van der Waals surface area contributed by atoms with Gasteiger partial charge >= 0.3 is 0 Å². The molecule has 0 bridgehead atoms. The highest BCUT2D eigenvalue weighted by Crippen LogP contribution is 2.62. The van der Waals surface area contributed by atoms with Crippen LogP contribution in [0.2, 0.25) is 0 Å². The Kier molecular flexibility index (Phi) is 2.95. The lowest BCUT2D eigenvalue weighted by molar-refractivity contribution is 0.457. The van der Waals surface area contributed by atoms with E-state index in [1.807, 2.05) is 6.07 Å². The molecule has 1 N–H and O–H groups in total. The van der Waals surface area contributed by atoms with Crippen LogP contribution in [-0.2, 0) is 6.54 Å². The molecule has 0 aliphatic heterocycles. The maximum atomic E-state index is 13.3. The van der Waals surface area contributed by atoms with E-state index in [1.54, 1.807) is 6.07 Å². The molecule has 1 fully saturated rings. The van der Waals surface area contributed by atoms with E-state index in [0.717, 1.165) is 5.56 Å². The minimum Gasteiger partial charge on any atom is -0.309 e. The molecule has 1 aliphatic carbocycles. The average molecular weight is 246 g/mol. The van der Waals surface area contributed by atoms with E-state index in [2.05, 4.69) is 33.0 Å². The third kappa shape index (κ3) is 2.02. The van der Waals surface area contributed by atoms with Crippen molar-refractivity contribution in [1.82, 2.24) is 5.32 Å². The monoisotopic (exact) mass is 246 g/mol. The summed E-state index contributed by atoms with van der Waals surface area (Å²) in [5.74, 6) is -0.347. The summed E-state index contributed by atoms with van der Waals surface area (Å²) in [5.41, 5.74) is 1.72. The van der Waals surface area contributed by atoms with Crippen molar-refractivity contribution >= 4 is 0 Å². The van der Waals surface area contributed by atoms with E-state index < -0.39 is 0 Å². The predicted molar refractivity (Wildman–Crippen MR) is 69.3 cm³/mol. The highest BCUT2D eigenvalue weighted by atomic mass is 19.1. The van der Waals surface area contributed by atoms with Crippen LogP contribution in [-0.4, -0.2) is 6.04 Å². The molecule has 0 aromatic heterocycles. The van der Waals surface area contributed by atoms with Crippen LogP contribution in [0, 0.1) is 28.0 Å². The standard InChI is InChI=1S/C15H19FN2/c1-14(2)13(15(14,3)4)18-9-11-5-10(8-17)6-12(16)7-11/h5-7,13,18H,9H2,1-4H3. The minimum absolute atomic E-state index is 0.262. The van der Waals surface area contributed by atoms with Crippen LogP contribution in [0.1, 0.15) is 38.8 Å². The number of hydrogen-bond acceptors (Lipinski definition) is 2. The molecule has 0 amide bonds. The van der Waals surface area contributed by atoms with Gasteiger partial charge in [0.05, 0.1) is 11.6 Å². The number of rotatable bonds is 3. The molecule has 1 aliphatic rings. The summed E-state index contributed by atoms with van der Waals surface area (Å²) in [7, 11) is 0. The van der Waals surface area contributed by atoms with E-state index in [1.165, 1.54) is 12.1 Å². The number of nitrogens with zero attached hydrogens (tertiary/aromatic N) is 1. The molecule has 3 heteroatoms. The normalized spacial score (nSPS) is 20.4. The first-order valence-electron chi connectivity index (χ1n) is 6.22. The maximum absolute atomic E-state index is 13.3. The third-order valence-corrected chi connectivity index (χ3v) is 4.62. The first-order chi connectivity index (χ1) is 8.29. The minimum atomic E-state index is -0.347. The number of nitrogens with one attached hydrogen (secondary N) is 1. The summed E-state index contributed by atoms with van der Waals surface area (Å²) in [6.07, 6.45) is 0. The molecule has 96 valence electrons. The zero-order valence-corrected chi connectivity index (χ0v) is 11.3. The van der Waals surface area contributed by atoms with Crippen molar-refractivity contribution in [3.63, 3.8) is 0 Å². The lowest BCUT2D eigenvalue weighted by Gasteiger charge is -2.07. The Balaban J connectivity index is 2.05. The summed E-state index contributed by atoms with van der Waals surface area (Å²) in [6, 6.07) is 6.88. The highest BCUT2D eigenvalue weighted by Gasteiger charge is 2.64. The van der Waals surface area contributed by atoms with Gasteiger partial charge in [0, 0.05) is 12.6 Å². The lowest BCUT2D eigenvalue weighted by atomic mass is 10.0. The van der Waals surface area contributed by atoms with Crippen molar-refractivity contribution in [1.29, 1.82) is 5.26 Å². The van der Waals surface area contributed by atoms with Gasteiger partial charge in [-0.1, -0.05) is 27.7 Å². The Labute approximate surface area is 108 Å². The second-order valence-electron chi connectivity index (χ2n) is 6.22. The fourth-order valence-electron chi connectivity index (χ4n) is 2.74. The topological polar surface area (TPSA) is 35.8 Å². The van der Waals surface area contributed by atoms with Crippen molar-refractivity contribution in [3.05, 3.63) is 35.1 Å². The number of benzene rings is 1. The molecule has 2 rings (SSSR count). The van der Waals surface area contributed by atoms with Gasteiger partial charge in [-0.05, 0) is 34.6 Å². The lowest BCUT2D eigenvalue weighted by Crippen LogP contribution is -2.21. The SMILES string of the molecule is CC1(C)C(NCc2cc(F)cc(C#N)c2)C1(C)C. The van der Waals surface area contributed by atoms with E-state index >= 15 is 0 Å². The van der Waals surface area contributed by atoms with Crippen LogP contribution < -0.4 is 5.32 Å². The first-order valence-corrected chi connectivity index (χ1v) is 6.22. The van der Waals surface area contributed by atoms with Crippen molar-refractivity contribution in [2.75, 3.05) is 0 Å². The van der Waals surface area contributed by atoms with Gasteiger partial charge in [-0.3, -0.25) is 0 Å². The van der Waals surface area contributed by atoms with Gasteiger partial charge < -0.3 is 5.32 Å². The van der Waals surface area contributed by atoms with Crippen molar-refractivity contribution in [2.45, 2.75) is 40.3 Å². The molecule has 1 saturated carbocycles. The fraction of sp³-hybridized carbons (Fsp3) is 0.533. The smallest absolute Gasteiger partial charge is 0.124 e. The largest absolute Gasteiger partial charge is 0.309 e. The zero-order valence-electron chi connectivity index (χ0n) is 11.3. The Morgan fingerprint density at radius 3 is 2.33 bits per heavy atom. The van der Waals surface area contributed by atoms with Crippen LogP contribution in [0.5, 0.6) is 0 Å². The number of hydrogen-bond donors (Lipinski definition) is 1. The fourth-order valence-corrected chi connectivity index (χ4v) is 2.74. The zero-order chi connectivity index (χ0) is 13.6. The summed E-state index contributed by atoms with van der Waals surface area (Å²) in [4.78, 5) is 0. The van der Waals surface area contributed by atoms with Crippen LogP contribution >= 0.6 is 0 Å². The van der Waals surface area contributed by atoms with E-state index in [9.17, 15) is 4.39 Å². The predicted octanol–water partition coefficient (Wildman–Crippen LogP) is 3.22. The summed E-state index contributed by atoms with van der Waals surface area (Å²) in [5, 5.41) is 12.3. The quantitative estimate of drug-likeness (QED) is 0.888. The molecule has 2 nitrogen and oxygen atoms in total. The average Bonchev–Trinajstić information content (AvgIpc) is 2.66. The van der Waals surface area contributed by atoms with Crippen molar-refractivity contribution < 1.29 is 4.39 Å². The van der Waals surface area contributed by atoms with Gasteiger partial charge in [-0.15, -0.1) is 0 Å². The third-order valence-electron chi connectivity index (χ3n) is 4.62. The summed E-state index contributed by atoms with van der Waals surface area (Å²) >= 11 is 0. The first kappa shape index (κ1) is 13.0. The maximum Gasteiger partial charge on any atom is 0.124 e. The number of nitriles is 1. The summed E-state index contributed by atoms with van der Waals surface area (Å²) in [6.45, 7) is 9.53. The van der Waals surface area contributed by atoms with Crippen LogP contribution in [0.25, 0.3) is 0 Å². The molecule has 1 aromatic carbocycles. The molecule has 0 radical (unpaired) electrons. The number of halogens is 1. The van der Waals surface area contributed by atoms with Gasteiger partial charge in [0.15, 0.2) is 0 Å². The molecule has 0 atom stereocenters. The van der Waals surface area contributed by atoms with Crippen LogP contribution in [0.15, 0.2) is 18.2 Å². The van der Waals surface area contributed by atoms with Crippen molar-refractivity contribution in [3.8, 4) is 6.07 Å². The van der Waals surface area contributed by atoms with Crippen LogP contribution in [0.3, 0.4) is 0 Å².